The second kappa shape index (κ2) is 9.57. The van der Waals surface area contributed by atoms with Crippen molar-refractivity contribution in [2.24, 2.45) is 0 Å². The average molecular weight is 404 g/mol. The number of aromatic amines is 1. The molecular formula is C25H25FN2O2. The molecule has 0 bridgehead atoms. The molecule has 0 aliphatic carbocycles. The molecule has 0 saturated heterocycles. The molecular weight excluding hydrogens is 379 g/mol. The molecule has 4 rings (SSSR count). The number of rotatable bonds is 9. The minimum Gasteiger partial charge on any atom is -0.488 e. The van der Waals surface area contributed by atoms with E-state index >= 15 is 0 Å². The molecule has 3 aromatic carbocycles. The van der Waals surface area contributed by atoms with Crippen molar-refractivity contribution >= 4 is 10.9 Å². The van der Waals surface area contributed by atoms with Crippen LogP contribution in [0.2, 0.25) is 0 Å². The summed E-state index contributed by atoms with van der Waals surface area (Å²) in [5.74, 6) is -0.152. The Bertz CT molecular complexity index is 1080. The van der Waals surface area contributed by atoms with Crippen LogP contribution in [0, 0.1) is 5.82 Å². The van der Waals surface area contributed by atoms with Crippen molar-refractivity contribution < 1.29 is 14.2 Å². The summed E-state index contributed by atoms with van der Waals surface area (Å²) >= 11 is 0. The van der Waals surface area contributed by atoms with Gasteiger partial charge in [-0.2, -0.15) is 0 Å². The Morgan fingerprint density at radius 2 is 1.63 bits per heavy atom. The summed E-state index contributed by atoms with van der Waals surface area (Å²) in [5, 5.41) is 14.8. The molecule has 1 heterocycles. The monoisotopic (exact) mass is 404 g/mol. The van der Waals surface area contributed by atoms with Crippen molar-refractivity contribution in [3.63, 3.8) is 0 Å². The molecule has 2 atom stereocenters. The second-order valence-corrected chi connectivity index (χ2v) is 7.31. The Balaban J connectivity index is 1.41. The van der Waals surface area contributed by atoms with Gasteiger partial charge in [0.15, 0.2) is 11.6 Å². The number of hydrogen-bond acceptors (Lipinski definition) is 3. The zero-order valence-corrected chi connectivity index (χ0v) is 16.6. The van der Waals surface area contributed by atoms with E-state index in [0.29, 0.717) is 13.1 Å². The van der Waals surface area contributed by atoms with Crippen molar-refractivity contribution in [3.8, 4) is 5.75 Å². The highest BCUT2D eigenvalue weighted by molar-refractivity contribution is 5.84. The van der Waals surface area contributed by atoms with Gasteiger partial charge in [-0.1, -0.05) is 60.7 Å². The van der Waals surface area contributed by atoms with Crippen molar-refractivity contribution in [2.45, 2.75) is 12.0 Å². The summed E-state index contributed by atoms with van der Waals surface area (Å²) in [4.78, 5) is 3.35. The minimum absolute atomic E-state index is 0.0248. The first-order valence-electron chi connectivity index (χ1n) is 10.1. The lowest BCUT2D eigenvalue weighted by atomic mass is 9.91. The van der Waals surface area contributed by atoms with Crippen LogP contribution in [0.25, 0.3) is 10.9 Å². The Hall–Kier alpha value is -3.15. The maximum absolute atomic E-state index is 13.6. The van der Waals surface area contributed by atoms with E-state index in [0.717, 1.165) is 5.52 Å². The van der Waals surface area contributed by atoms with Crippen molar-refractivity contribution in [1.29, 1.82) is 0 Å². The van der Waals surface area contributed by atoms with E-state index in [2.05, 4.69) is 40.8 Å². The van der Waals surface area contributed by atoms with Crippen molar-refractivity contribution in [2.75, 3.05) is 19.7 Å². The SMILES string of the molecule is O[C@H](CNC[C@@H](c1ccccc1)c1c[nH]c2ccccc12)COc1ccccc1F. The Labute approximate surface area is 175 Å². The molecule has 0 saturated carbocycles. The summed E-state index contributed by atoms with van der Waals surface area (Å²) in [7, 11) is 0. The quantitative estimate of drug-likeness (QED) is 0.386. The van der Waals surface area contributed by atoms with Crippen LogP contribution in [0.15, 0.2) is 85.1 Å². The standard InChI is InChI=1S/C25H25FN2O2/c26-23-11-5-7-13-25(23)30-17-19(29)14-27-15-21(18-8-2-1-3-9-18)22-16-28-24-12-6-4-10-20(22)24/h1-13,16,19,21,27-29H,14-15,17H2/t19-,21+/m1/s1. The smallest absolute Gasteiger partial charge is 0.165 e. The number of H-pyrrole nitrogens is 1. The predicted octanol–water partition coefficient (Wildman–Crippen LogP) is 4.47. The highest BCUT2D eigenvalue weighted by atomic mass is 19.1. The van der Waals surface area contributed by atoms with Crippen LogP contribution in [0.3, 0.4) is 0 Å². The normalized spacial score (nSPS) is 13.3. The fourth-order valence-electron chi connectivity index (χ4n) is 3.68. The largest absolute Gasteiger partial charge is 0.488 e. The third kappa shape index (κ3) is 4.70. The molecule has 154 valence electrons. The number of hydrogen-bond donors (Lipinski definition) is 3. The number of fused-ring (bicyclic) bond motifs is 1. The van der Waals surface area contributed by atoms with Crippen molar-refractivity contribution in [1.82, 2.24) is 10.3 Å². The number of para-hydroxylation sites is 2. The van der Waals surface area contributed by atoms with E-state index in [1.807, 2.05) is 30.3 Å². The minimum atomic E-state index is -0.746. The van der Waals surface area contributed by atoms with Gasteiger partial charge in [0.1, 0.15) is 12.7 Å². The van der Waals surface area contributed by atoms with Crippen molar-refractivity contribution in [3.05, 3.63) is 102 Å². The Morgan fingerprint density at radius 1 is 0.900 bits per heavy atom. The molecule has 1 aromatic heterocycles. The van der Waals surface area contributed by atoms with Gasteiger partial charge in [0.2, 0.25) is 0 Å². The van der Waals surface area contributed by atoms with E-state index in [4.69, 9.17) is 4.74 Å². The van der Waals surface area contributed by atoms with Crippen LogP contribution >= 0.6 is 0 Å². The fraction of sp³-hybridized carbons (Fsp3) is 0.200. The van der Waals surface area contributed by atoms with E-state index in [-0.39, 0.29) is 18.3 Å². The van der Waals surface area contributed by atoms with Crippen LogP contribution in [0.1, 0.15) is 17.0 Å². The molecule has 0 amide bonds. The van der Waals surface area contributed by atoms with E-state index in [1.165, 1.54) is 22.6 Å². The number of ether oxygens (including phenoxy) is 1. The first kappa shape index (κ1) is 20.1. The lowest BCUT2D eigenvalue weighted by molar-refractivity contribution is 0.104. The number of aliphatic hydroxyl groups is 1. The second-order valence-electron chi connectivity index (χ2n) is 7.31. The molecule has 4 aromatic rings. The maximum Gasteiger partial charge on any atom is 0.165 e. The molecule has 0 spiro atoms. The van der Waals surface area contributed by atoms with E-state index in [1.54, 1.807) is 18.2 Å². The van der Waals surface area contributed by atoms with Gasteiger partial charge in [0.05, 0.1) is 0 Å². The molecule has 30 heavy (non-hydrogen) atoms. The van der Waals surface area contributed by atoms with Gasteiger partial charge in [-0.3, -0.25) is 0 Å². The van der Waals surface area contributed by atoms with E-state index in [9.17, 15) is 9.50 Å². The molecule has 3 N–H and O–H groups in total. The zero-order chi connectivity index (χ0) is 20.8. The molecule has 0 fully saturated rings. The predicted molar refractivity (Wildman–Crippen MR) is 117 cm³/mol. The Kier molecular flexibility index (Phi) is 6.42. The molecule has 5 heteroatoms. The highest BCUT2D eigenvalue weighted by Gasteiger charge is 2.18. The topological polar surface area (TPSA) is 57.3 Å². The van der Waals surface area contributed by atoms with Crippen LogP contribution in [0.5, 0.6) is 5.75 Å². The van der Waals surface area contributed by atoms with Crippen LogP contribution < -0.4 is 10.1 Å². The third-order valence-corrected chi connectivity index (χ3v) is 5.19. The van der Waals surface area contributed by atoms with E-state index < -0.39 is 11.9 Å². The zero-order valence-electron chi connectivity index (χ0n) is 16.6. The fourth-order valence-corrected chi connectivity index (χ4v) is 3.68. The van der Waals surface area contributed by atoms with Crippen LogP contribution in [-0.2, 0) is 0 Å². The highest BCUT2D eigenvalue weighted by Crippen LogP contribution is 2.30. The van der Waals surface area contributed by atoms with Gasteiger partial charge in [0.25, 0.3) is 0 Å². The number of benzene rings is 3. The summed E-state index contributed by atoms with van der Waals surface area (Å²) in [6, 6.07) is 24.8. The first-order chi connectivity index (χ1) is 14.7. The number of nitrogens with one attached hydrogen (secondary N) is 2. The average Bonchev–Trinajstić information content (AvgIpc) is 3.21. The number of aromatic nitrogens is 1. The first-order valence-corrected chi connectivity index (χ1v) is 10.1. The number of halogens is 1. The molecule has 0 aliphatic heterocycles. The molecule has 0 unspecified atom stereocenters. The molecule has 0 radical (unpaired) electrons. The van der Waals surface area contributed by atoms with Gasteiger partial charge < -0.3 is 20.1 Å². The van der Waals surface area contributed by atoms with Gasteiger partial charge in [0, 0.05) is 36.1 Å². The molecule has 4 nitrogen and oxygen atoms in total. The summed E-state index contributed by atoms with van der Waals surface area (Å²) in [6.45, 7) is 1.03. The van der Waals surface area contributed by atoms with Gasteiger partial charge in [-0.25, -0.2) is 4.39 Å². The van der Waals surface area contributed by atoms with Crippen LogP contribution in [0.4, 0.5) is 4.39 Å². The Morgan fingerprint density at radius 3 is 2.47 bits per heavy atom. The molecule has 0 aliphatic rings. The van der Waals surface area contributed by atoms with Gasteiger partial charge in [-0.05, 0) is 29.3 Å². The summed E-state index contributed by atoms with van der Waals surface area (Å²) < 4.78 is 19.0. The van der Waals surface area contributed by atoms with Gasteiger partial charge in [-0.15, -0.1) is 0 Å². The maximum atomic E-state index is 13.6. The number of aliphatic hydroxyl groups excluding tert-OH is 1. The van der Waals surface area contributed by atoms with Gasteiger partial charge >= 0.3 is 0 Å². The van der Waals surface area contributed by atoms with Crippen LogP contribution in [-0.4, -0.2) is 35.9 Å². The lowest BCUT2D eigenvalue weighted by Crippen LogP contribution is -2.34. The summed E-state index contributed by atoms with van der Waals surface area (Å²) in [6.07, 6.45) is 1.31. The third-order valence-electron chi connectivity index (χ3n) is 5.19. The summed E-state index contributed by atoms with van der Waals surface area (Å²) in [5.41, 5.74) is 3.51. The lowest BCUT2D eigenvalue weighted by Gasteiger charge is -2.20.